The average Bonchev–Trinajstić information content (AvgIpc) is 3.49. The molecule has 0 radical (unpaired) electrons. The number of hydrogen-bond donors (Lipinski definition) is 1. The van der Waals surface area contributed by atoms with Gasteiger partial charge >= 0.3 is 6.09 Å². The predicted molar refractivity (Wildman–Crippen MR) is 149 cm³/mol. The Morgan fingerprint density at radius 1 is 1.21 bits per heavy atom. The van der Waals surface area contributed by atoms with Gasteiger partial charge in [0, 0.05) is 58.1 Å². The Bertz CT molecular complexity index is 1130. The van der Waals surface area contributed by atoms with Crippen LogP contribution in [-0.2, 0) is 20.9 Å². The minimum absolute atomic E-state index is 0.0246. The standard InChI is InChI=1S/C27H43N5O5Si/c1-27(2,3)37-26(34)31-10-7-8-20(14-31)30-24-22-21(23(33)19-9-11-35-16-19)15-32(25(22)29-17-28-24)18-36-12-13-38(4,5)6/h15,17,19-20H,7-14,16,18H2,1-6H3,(H,28,29,30)/t19?,20-/m1/s1. The highest BCUT2D eigenvalue weighted by Gasteiger charge is 2.31. The van der Waals surface area contributed by atoms with Crippen LogP contribution in [0.3, 0.4) is 0 Å². The predicted octanol–water partition coefficient (Wildman–Crippen LogP) is 4.77. The van der Waals surface area contributed by atoms with Crippen LogP contribution in [-0.4, -0.2) is 83.9 Å². The molecular weight excluding hydrogens is 502 g/mol. The van der Waals surface area contributed by atoms with Crippen LogP contribution in [0.25, 0.3) is 11.0 Å². The van der Waals surface area contributed by atoms with E-state index in [1.54, 1.807) is 4.90 Å². The van der Waals surface area contributed by atoms with Crippen molar-refractivity contribution in [2.75, 3.05) is 38.2 Å². The van der Waals surface area contributed by atoms with E-state index in [1.807, 2.05) is 31.5 Å². The summed E-state index contributed by atoms with van der Waals surface area (Å²) >= 11 is 0. The number of carbonyl (C=O) groups is 2. The summed E-state index contributed by atoms with van der Waals surface area (Å²) in [5.74, 6) is 0.478. The molecule has 2 saturated heterocycles. The first kappa shape index (κ1) is 28.5. The number of amides is 1. The number of piperidine rings is 1. The zero-order valence-corrected chi connectivity index (χ0v) is 24.7. The molecule has 1 unspecified atom stereocenters. The van der Waals surface area contributed by atoms with Crippen LogP contribution >= 0.6 is 0 Å². The van der Waals surface area contributed by atoms with Gasteiger partial charge < -0.3 is 29.0 Å². The third-order valence-electron chi connectivity index (χ3n) is 6.86. The van der Waals surface area contributed by atoms with E-state index in [0.717, 1.165) is 18.9 Å². The molecule has 10 nitrogen and oxygen atoms in total. The molecule has 210 valence electrons. The molecule has 2 atom stereocenters. The third-order valence-corrected chi connectivity index (χ3v) is 8.56. The molecular formula is C27H43N5O5Si. The summed E-state index contributed by atoms with van der Waals surface area (Å²) < 4.78 is 19.0. The Balaban J connectivity index is 1.58. The summed E-state index contributed by atoms with van der Waals surface area (Å²) in [6.45, 7) is 15.8. The minimum atomic E-state index is -1.22. The van der Waals surface area contributed by atoms with Crippen LogP contribution in [0.4, 0.5) is 10.6 Å². The highest BCUT2D eigenvalue weighted by Crippen LogP contribution is 2.31. The van der Waals surface area contributed by atoms with Gasteiger partial charge in [-0.15, -0.1) is 0 Å². The molecule has 0 aromatic carbocycles. The fraction of sp³-hybridized carbons (Fsp3) is 0.704. The molecule has 38 heavy (non-hydrogen) atoms. The summed E-state index contributed by atoms with van der Waals surface area (Å²) in [5.41, 5.74) is 0.708. The number of ether oxygens (including phenoxy) is 3. The minimum Gasteiger partial charge on any atom is -0.444 e. The first-order valence-electron chi connectivity index (χ1n) is 13.7. The van der Waals surface area contributed by atoms with Crippen molar-refractivity contribution in [3.8, 4) is 0 Å². The van der Waals surface area contributed by atoms with Gasteiger partial charge in [-0.1, -0.05) is 19.6 Å². The lowest BCUT2D eigenvalue weighted by atomic mass is 9.97. The van der Waals surface area contributed by atoms with Crippen molar-refractivity contribution in [1.29, 1.82) is 0 Å². The maximum absolute atomic E-state index is 13.6. The summed E-state index contributed by atoms with van der Waals surface area (Å²) in [6, 6.07) is 1.04. The Labute approximate surface area is 226 Å². The lowest BCUT2D eigenvalue weighted by Gasteiger charge is -2.34. The van der Waals surface area contributed by atoms with Gasteiger partial charge in [-0.05, 0) is 46.1 Å². The van der Waals surface area contributed by atoms with E-state index in [0.29, 0.717) is 68.5 Å². The van der Waals surface area contributed by atoms with Gasteiger partial charge in [-0.2, -0.15) is 0 Å². The molecule has 2 aromatic heterocycles. The number of Topliss-reactive ketones (excluding diaryl/α,β-unsaturated/α-hetero) is 1. The number of rotatable bonds is 9. The molecule has 1 amide bonds. The van der Waals surface area contributed by atoms with E-state index in [4.69, 9.17) is 14.2 Å². The van der Waals surface area contributed by atoms with Gasteiger partial charge in [0.1, 0.15) is 30.1 Å². The molecule has 0 spiro atoms. The third kappa shape index (κ3) is 7.32. The quantitative estimate of drug-likeness (QED) is 0.273. The van der Waals surface area contributed by atoms with Crippen molar-refractivity contribution < 1.29 is 23.8 Å². The normalized spacial score (nSPS) is 20.6. The van der Waals surface area contributed by atoms with E-state index >= 15 is 0 Å². The van der Waals surface area contributed by atoms with Gasteiger partial charge in [0.25, 0.3) is 0 Å². The average molecular weight is 546 g/mol. The van der Waals surface area contributed by atoms with Crippen molar-refractivity contribution in [2.24, 2.45) is 5.92 Å². The number of carbonyl (C=O) groups excluding carboxylic acids is 2. The number of fused-ring (bicyclic) bond motifs is 1. The lowest BCUT2D eigenvalue weighted by molar-refractivity contribution is 0.0206. The molecule has 0 bridgehead atoms. The Hall–Kier alpha value is -2.50. The molecule has 2 aliphatic heterocycles. The van der Waals surface area contributed by atoms with Gasteiger partial charge in [-0.25, -0.2) is 14.8 Å². The largest absolute Gasteiger partial charge is 0.444 e. The van der Waals surface area contributed by atoms with E-state index < -0.39 is 13.7 Å². The van der Waals surface area contributed by atoms with Crippen LogP contribution < -0.4 is 5.32 Å². The molecule has 0 aliphatic carbocycles. The SMILES string of the molecule is CC(C)(C)OC(=O)N1CCC[C@@H](Nc2ncnc3c2c(C(=O)C2CCOC2)cn3COCC[Si](C)(C)C)C1. The maximum atomic E-state index is 13.6. The molecule has 11 heteroatoms. The summed E-state index contributed by atoms with van der Waals surface area (Å²) in [6.07, 6.45) is 5.50. The molecule has 4 heterocycles. The highest BCUT2D eigenvalue weighted by atomic mass is 28.3. The number of ketones is 1. The Kier molecular flexibility index (Phi) is 8.78. The highest BCUT2D eigenvalue weighted by molar-refractivity contribution is 6.76. The fourth-order valence-electron chi connectivity index (χ4n) is 4.80. The molecule has 0 saturated carbocycles. The van der Waals surface area contributed by atoms with Crippen molar-refractivity contribution >= 4 is 36.8 Å². The number of nitrogens with zero attached hydrogens (tertiary/aromatic N) is 4. The van der Waals surface area contributed by atoms with Gasteiger partial charge in [0.15, 0.2) is 5.78 Å². The summed E-state index contributed by atoms with van der Waals surface area (Å²) in [4.78, 5) is 37.1. The zero-order valence-electron chi connectivity index (χ0n) is 23.7. The second-order valence-corrected chi connectivity index (χ2v) is 18.2. The van der Waals surface area contributed by atoms with Crippen LogP contribution in [0.5, 0.6) is 0 Å². The van der Waals surface area contributed by atoms with Crippen LogP contribution in [0.15, 0.2) is 12.5 Å². The topological polar surface area (TPSA) is 108 Å². The fourth-order valence-corrected chi connectivity index (χ4v) is 5.56. The summed E-state index contributed by atoms with van der Waals surface area (Å²) in [5, 5.41) is 4.23. The second kappa shape index (κ2) is 11.7. The van der Waals surface area contributed by atoms with Crippen LogP contribution in [0, 0.1) is 5.92 Å². The smallest absolute Gasteiger partial charge is 0.410 e. The number of likely N-dealkylation sites (tertiary alicyclic amines) is 1. The van der Waals surface area contributed by atoms with Gasteiger partial charge in [-0.3, -0.25) is 4.79 Å². The van der Waals surface area contributed by atoms with Crippen molar-refractivity contribution in [3.05, 3.63) is 18.1 Å². The Morgan fingerprint density at radius 2 is 2.00 bits per heavy atom. The van der Waals surface area contributed by atoms with Crippen molar-refractivity contribution in [1.82, 2.24) is 19.4 Å². The van der Waals surface area contributed by atoms with E-state index in [1.165, 1.54) is 6.33 Å². The zero-order chi connectivity index (χ0) is 27.5. The van der Waals surface area contributed by atoms with Crippen LogP contribution in [0.1, 0.15) is 50.4 Å². The van der Waals surface area contributed by atoms with E-state index in [2.05, 4.69) is 34.9 Å². The number of aromatic nitrogens is 3. The maximum Gasteiger partial charge on any atom is 0.410 e. The summed E-state index contributed by atoms with van der Waals surface area (Å²) in [7, 11) is -1.22. The van der Waals surface area contributed by atoms with Crippen molar-refractivity contribution in [3.63, 3.8) is 0 Å². The van der Waals surface area contributed by atoms with E-state index in [9.17, 15) is 9.59 Å². The second-order valence-electron chi connectivity index (χ2n) is 12.6. The van der Waals surface area contributed by atoms with Crippen molar-refractivity contribution in [2.45, 2.75) is 84.1 Å². The number of hydrogen-bond acceptors (Lipinski definition) is 8. The van der Waals surface area contributed by atoms with Crippen LogP contribution in [0.2, 0.25) is 25.7 Å². The molecule has 4 rings (SSSR count). The number of anilines is 1. The first-order valence-corrected chi connectivity index (χ1v) is 17.4. The van der Waals surface area contributed by atoms with Gasteiger partial charge in [0.05, 0.1) is 12.0 Å². The monoisotopic (exact) mass is 545 g/mol. The molecule has 2 aliphatic rings. The molecule has 1 N–H and O–H groups in total. The molecule has 2 fully saturated rings. The lowest BCUT2D eigenvalue weighted by Crippen LogP contribution is -2.47. The molecule has 2 aromatic rings. The first-order chi connectivity index (χ1) is 17.9. The number of nitrogens with one attached hydrogen (secondary N) is 1. The Morgan fingerprint density at radius 3 is 2.68 bits per heavy atom. The van der Waals surface area contributed by atoms with E-state index in [-0.39, 0.29) is 23.8 Å². The van der Waals surface area contributed by atoms with Gasteiger partial charge in [0.2, 0.25) is 0 Å².